The normalized spacial score (nSPS) is 28.0. The molecule has 0 unspecified atom stereocenters. The fourth-order valence-corrected chi connectivity index (χ4v) is 6.57. The van der Waals surface area contributed by atoms with Crippen molar-refractivity contribution in [3.8, 4) is 5.75 Å². The highest BCUT2D eigenvalue weighted by Crippen LogP contribution is 2.36. The Labute approximate surface area is 209 Å². The maximum Gasteiger partial charge on any atom is 0.251 e. The molecule has 186 valence electrons. The number of ether oxygens (including phenoxy) is 2. The molecule has 0 aromatic heterocycles. The molecule has 1 N–H and O–H groups in total. The maximum atomic E-state index is 12.9. The summed E-state index contributed by atoms with van der Waals surface area (Å²) >= 11 is 0. The number of rotatable bonds is 7. The van der Waals surface area contributed by atoms with Crippen LogP contribution in [0.1, 0.15) is 72.0 Å². The minimum atomic E-state index is 0.000831. The summed E-state index contributed by atoms with van der Waals surface area (Å²) in [6.07, 6.45) is 11.0. The highest BCUT2D eigenvalue weighted by atomic mass is 16.5. The van der Waals surface area contributed by atoms with E-state index >= 15 is 0 Å². The summed E-state index contributed by atoms with van der Waals surface area (Å²) < 4.78 is 11.4. The fraction of sp³-hybridized carbons (Fsp3) is 0.567. The van der Waals surface area contributed by atoms with Gasteiger partial charge in [-0.15, -0.1) is 0 Å². The molecule has 4 fully saturated rings. The second-order valence-corrected chi connectivity index (χ2v) is 11.1. The van der Waals surface area contributed by atoms with Crippen LogP contribution in [0.3, 0.4) is 0 Å². The van der Waals surface area contributed by atoms with Gasteiger partial charge in [0.25, 0.3) is 5.91 Å². The zero-order valence-corrected chi connectivity index (χ0v) is 20.7. The molecule has 2 aliphatic carbocycles. The molecular formula is C30H38N2O3. The second kappa shape index (κ2) is 10.3. The van der Waals surface area contributed by atoms with E-state index in [1.807, 2.05) is 24.3 Å². The van der Waals surface area contributed by atoms with Crippen molar-refractivity contribution in [3.05, 3.63) is 64.7 Å². The van der Waals surface area contributed by atoms with Crippen LogP contribution in [0.2, 0.25) is 0 Å². The van der Waals surface area contributed by atoms with Gasteiger partial charge in [0, 0.05) is 37.3 Å². The van der Waals surface area contributed by atoms with E-state index in [9.17, 15) is 4.79 Å². The van der Waals surface area contributed by atoms with Crippen LogP contribution < -0.4 is 10.1 Å². The van der Waals surface area contributed by atoms with Crippen LogP contribution in [0.5, 0.6) is 5.75 Å². The summed E-state index contributed by atoms with van der Waals surface area (Å²) in [5.74, 6) is 1.72. The number of fused-ring (bicyclic) bond motifs is 4. The van der Waals surface area contributed by atoms with Gasteiger partial charge in [-0.2, -0.15) is 0 Å². The van der Waals surface area contributed by atoms with E-state index in [1.54, 1.807) is 0 Å². The largest absolute Gasteiger partial charge is 0.491 e. The molecule has 0 radical (unpaired) electrons. The molecule has 3 saturated heterocycles. The Morgan fingerprint density at radius 2 is 1.86 bits per heavy atom. The number of nitrogens with zero attached hydrogens (tertiary/aromatic N) is 1. The van der Waals surface area contributed by atoms with Crippen LogP contribution in [0.25, 0.3) is 0 Å². The zero-order valence-electron chi connectivity index (χ0n) is 20.7. The molecule has 5 nitrogen and oxygen atoms in total. The summed E-state index contributed by atoms with van der Waals surface area (Å²) in [6.45, 7) is 3.80. The Hall–Kier alpha value is -2.37. The van der Waals surface area contributed by atoms with E-state index in [1.165, 1.54) is 48.9 Å². The Morgan fingerprint density at radius 1 is 1.00 bits per heavy atom. The first kappa shape index (κ1) is 23.1. The minimum Gasteiger partial charge on any atom is -0.491 e. The van der Waals surface area contributed by atoms with Crippen molar-refractivity contribution in [1.29, 1.82) is 0 Å². The number of amides is 1. The lowest BCUT2D eigenvalue weighted by Crippen LogP contribution is -2.47. The van der Waals surface area contributed by atoms with Gasteiger partial charge in [-0.1, -0.05) is 18.2 Å². The van der Waals surface area contributed by atoms with Crippen LogP contribution in [0, 0.1) is 5.92 Å². The van der Waals surface area contributed by atoms with Crippen molar-refractivity contribution in [3.63, 3.8) is 0 Å². The first-order valence-electron chi connectivity index (χ1n) is 13.7. The number of hydrogen-bond acceptors (Lipinski definition) is 4. The number of piperidine rings is 2. The molecule has 2 bridgehead atoms. The smallest absolute Gasteiger partial charge is 0.251 e. The van der Waals surface area contributed by atoms with E-state index in [4.69, 9.17) is 9.47 Å². The van der Waals surface area contributed by atoms with Gasteiger partial charge >= 0.3 is 0 Å². The van der Waals surface area contributed by atoms with E-state index in [0.717, 1.165) is 63.0 Å². The molecule has 1 amide bonds. The van der Waals surface area contributed by atoms with Gasteiger partial charge in [-0.05, 0) is 105 Å². The van der Waals surface area contributed by atoms with Crippen LogP contribution in [-0.2, 0) is 24.1 Å². The monoisotopic (exact) mass is 474 g/mol. The lowest BCUT2D eigenvalue weighted by atomic mass is 9.79. The number of hydrogen-bond donors (Lipinski definition) is 1. The van der Waals surface area contributed by atoms with Gasteiger partial charge in [0.05, 0.1) is 6.10 Å². The van der Waals surface area contributed by atoms with Gasteiger partial charge in [0.2, 0.25) is 0 Å². The summed E-state index contributed by atoms with van der Waals surface area (Å²) in [5.41, 5.74) is 5.01. The number of benzene rings is 2. The molecule has 5 heteroatoms. The number of carbonyl (C=O) groups excluding carboxylic acids is 1. The van der Waals surface area contributed by atoms with Gasteiger partial charge in [0.15, 0.2) is 0 Å². The molecule has 35 heavy (non-hydrogen) atoms. The van der Waals surface area contributed by atoms with Crippen LogP contribution in [0.4, 0.5) is 0 Å². The summed E-state index contributed by atoms with van der Waals surface area (Å²) in [6, 6.07) is 15.5. The molecule has 2 aromatic carbocycles. The maximum absolute atomic E-state index is 12.9. The van der Waals surface area contributed by atoms with Gasteiger partial charge in [-0.3, -0.25) is 9.69 Å². The van der Waals surface area contributed by atoms with E-state index in [0.29, 0.717) is 12.2 Å². The molecule has 2 aromatic rings. The Bertz CT molecular complexity index is 1020. The summed E-state index contributed by atoms with van der Waals surface area (Å²) in [5, 5.41) is 3.26. The topological polar surface area (TPSA) is 50.8 Å². The average molecular weight is 475 g/mol. The summed E-state index contributed by atoms with van der Waals surface area (Å²) in [7, 11) is 0. The number of aryl methyl sites for hydroxylation is 1. The predicted octanol–water partition coefficient (Wildman–Crippen LogP) is 4.91. The van der Waals surface area contributed by atoms with Gasteiger partial charge < -0.3 is 14.8 Å². The van der Waals surface area contributed by atoms with Crippen LogP contribution in [0.15, 0.2) is 42.5 Å². The van der Waals surface area contributed by atoms with Gasteiger partial charge in [-0.25, -0.2) is 0 Å². The Morgan fingerprint density at radius 3 is 2.60 bits per heavy atom. The van der Waals surface area contributed by atoms with Crippen molar-refractivity contribution in [1.82, 2.24) is 10.2 Å². The van der Waals surface area contributed by atoms with Crippen molar-refractivity contribution >= 4 is 5.91 Å². The van der Waals surface area contributed by atoms with Crippen LogP contribution >= 0.6 is 0 Å². The molecule has 3 aliphatic heterocycles. The van der Waals surface area contributed by atoms with Crippen LogP contribution in [-0.4, -0.2) is 48.8 Å². The molecule has 2 atom stereocenters. The lowest BCUT2D eigenvalue weighted by Gasteiger charge is -2.45. The molecule has 3 heterocycles. The second-order valence-electron chi connectivity index (χ2n) is 11.1. The third-order valence-electron chi connectivity index (χ3n) is 8.62. The fourth-order valence-electron chi connectivity index (χ4n) is 6.57. The third-order valence-corrected chi connectivity index (χ3v) is 8.62. The van der Waals surface area contributed by atoms with Crippen molar-refractivity contribution in [2.45, 2.75) is 82.5 Å². The lowest BCUT2D eigenvalue weighted by molar-refractivity contribution is 0.0426. The van der Waals surface area contributed by atoms with E-state index in [-0.39, 0.29) is 18.1 Å². The Kier molecular flexibility index (Phi) is 6.80. The van der Waals surface area contributed by atoms with Crippen molar-refractivity contribution < 1.29 is 14.3 Å². The number of nitrogens with one attached hydrogen (secondary N) is 1. The first-order chi connectivity index (χ1) is 17.2. The minimum absolute atomic E-state index is 0.000831. The zero-order chi connectivity index (χ0) is 23.6. The van der Waals surface area contributed by atoms with Gasteiger partial charge in [0.1, 0.15) is 12.4 Å². The highest BCUT2D eigenvalue weighted by molar-refractivity contribution is 5.94. The first-order valence-corrected chi connectivity index (χ1v) is 13.7. The molecule has 0 spiro atoms. The standard InChI is InChI=1S/C30H38N2O3/c33-30(23-8-13-28(14-9-23)35-20-29-2-1-15-34-29)31-26-10-7-24-16-22(3-6-25(24)17-26)19-32-18-21-4-11-27(32)12-5-21/h3,6,8-9,13-14,16,21,26-27,29H,1-2,4-5,7,10-12,15,17-20H2,(H,31,33)/t21?,26-,27?,29-/m0/s1. The number of carbonyl (C=O) groups is 1. The van der Waals surface area contributed by atoms with E-state index < -0.39 is 0 Å². The molecule has 5 aliphatic rings. The molecule has 7 rings (SSSR count). The van der Waals surface area contributed by atoms with Crippen molar-refractivity contribution in [2.75, 3.05) is 19.8 Å². The highest BCUT2D eigenvalue weighted by Gasteiger charge is 2.33. The molecular weight excluding hydrogens is 436 g/mol. The Balaban J connectivity index is 1.01. The molecule has 1 saturated carbocycles. The van der Waals surface area contributed by atoms with E-state index in [2.05, 4.69) is 28.4 Å². The quantitative estimate of drug-likeness (QED) is 0.620. The SMILES string of the molecule is O=C(N[C@H]1CCc2cc(CN3CC4CCC3CC4)ccc2C1)c1ccc(OC[C@@H]2CCCO2)cc1. The summed E-state index contributed by atoms with van der Waals surface area (Å²) in [4.78, 5) is 15.6. The van der Waals surface area contributed by atoms with Crippen molar-refractivity contribution in [2.24, 2.45) is 5.92 Å². The predicted molar refractivity (Wildman–Crippen MR) is 137 cm³/mol. The third kappa shape index (κ3) is 5.41. The average Bonchev–Trinajstić information content (AvgIpc) is 3.42.